The van der Waals surface area contributed by atoms with Crippen molar-refractivity contribution in [1.82, 2.24) is 9.88 Å². The molecule has 35 heavy (non-hydrogen) atoms. The minimum absolute atomic E-state index is 0.0683. The van der Waals surface area contributed by atoms with Crippen LogP contribution in [-0.4, -0.2) is 41.8 Å². The van der Waals surface area contributed by atoms with Crippen LogP contribution >= 0.6 is 27.3 Å². The van der Waals surface area contributed by atoms with E-state index in [0.29, 0.717) is 19.0 Å². The smallest absolute Gasteiger partial charge is 0.410 e. The largest absolute Gasteiger partial charge is 0.496 e. The third kappa shape index (κ3) is 6.59. The third-order valence-corrected chi connectivity index (χ3v) is 8.15. The first-order valence-electron chi connectivity index (χ1n) is 12.4. The zero-order chi connectivity index (χ0) is 26.3. The predicted molar refractivity (Wildman–Crippen MR) is 149 cm³/mol. The molecule has 1 aromatic carbocycles. The van der Waals surface area contributed by atoms with Gasteiger partial charge in [-0.1, -0.05) is 41.5 Å². The molecule has 194 valence electrons. The summed E-state index contributed by atoms with van der Waals surface area (Å²) >= 11 is 5.53. The fraction of sp³-hybridized carbons (Fsp3) is 0.643. The highest BCUT2D eigenvalue weighted by Crippen LogP contribution is 2.45. The lowest BCUT2D eigenvalue weighted by Crippen LogP contribution is -2.41. The maximum absolute atomic E-state index is 12.5. The molecule has 0 N–H and O–H groups in total. The van der Waals surface area contributed by atoms with E-state index in [2.05, 4.69) is 69.6 Å². The van der Waals surface area contributed by atoms with E-state index in [1.54, 1.807) is 18.4 Å². The number of aromatic nitrogens is 1. The number of rotatable bonds is 3. The highest BCUT2D eigenvalue weighted by atomic mass is 79.9. The number of methoxy groups -OCH3 is 1. The molecule has 7 heteroatoms. The van der Waals surface area contributed by atoms with Gasteiger partial charge in [-0.25, -0.2) is 9.78 Å². The number of carbonyl (C=O) groups is 1. The van der Waals surface area contributed by atoms with Gasteiger partial charge in [0.15, 0.2) is 0 Å². The molecule has 0 bridgehead atoms. The van der Waals surface area contributed by atoms with Gasteiger partial charge < -0.3 is 14.4 Å². The van der Waals surface area contributed by atoms with E-state index >= 15 is 0 Å². The summed E-state index contributed by atoms with van der Waals surface area (Å²) in [6.45, 7) is 20.4. The number of likely N-dealkylation sites (tertiary alicyclic amines) is 1. The predicted octanol–water partition coefficient (Wildman–Crippen LogP) is 8.29. The van der Waals surface area contributed by atoms with Crippen LogP contribution in [0.5, 0.6) is 5.75 Å². The normalized spacial score (nSPS) is 15.9. The van der Waals surface area contributed by atoms with Crippen LogP contribution in [-0.2, 0) is 15.6 Å². The molecular weight excluding hydrogens is 524 g/mol. The molecule has 0 atom stereocenters. The molecule has 1 aliphatic rings. The van der Waals surface area contributed by atoms with Crippen LogP contribution < -0.4 is 4.74 Å². The van der Waals surface area contributed by atoms with Gasteiger partial charge in [0, 0.05) is 35.7 Å². The second-order valence-electron chi connectivity index (χ2n) is 12.5. The third-order valence-electron chi connectivity index (χ3n) is 6.28. The minimum atomic E-state index is -0.473. The van der Waals surface area contributed by atoms with Crippen LogP contribution in [0.1, 0.15) is 97.2 Å². The SMILES string of the molecule is COc1c(C(C)(C)C)cc(-c2nc(C3CCN(C(=O)OC(C)(C)C)CC3)sc2Br)cc1C(C)(C)C. The summed E-state index contributed by atoms with van der Waals surface area (Å²) < 4.78 is 12.5. The van der Waals surface area contributed by atoms with E-state index < -0.39 is 5.60 Å². The highest BCUT2D eigenvalue weighted by molar-refractivity contribution is 9.11. The van der Waals surface area contributed by atoms with Gasteiger partial charge in [0.2, 0.25) is 0 Å². The highest BCUT2D eigenvalue weighted by Gasteiger charge is 2.31. The average Bonchev–Trinajstić information content (AvgIpc) is 3.12. The Morgan fingerprint density at radius 1 is 1.00 bits per heavy atom. The number of thiazole rings is 1. The first-order valence-corrected chi connectivity index (χ1v) is 14.0. The Morgan fingerprint density at radius 2 is 1.51 bits per heavy atom. The monoisotopic (exact) mass is 564 g/mol. The Balaban J connectivity index is 1.91. The topological polar surface area (TPSA) is 51.7 Å². The van der Waals surface area contributed by atoms with Gasteiger partial charge in [0.25, 0.3) is 0 Å². The van der Waals surface area contributed by atoms with Crippen molar-refractivity contribution >= 4 is 33.4 Å². The Bertz CT molecular complexity index is 1030. The molecular formula is C28H41BrN2O3S. The van der Waals surface area contributed by atoms with Crippen LogP contribution in [0, 0.1) is 0 Å². The fourth-order valence-electron chi connectivity index (χ4n) is 4.40. The van der Waals surface area contributed by atoms with Crippen molar-refractivity contribution in [3.05, 3.63) is 32.1 Å². The van der Waals surface area contributed by atoms with E-state index in [-0.39, 0.29) is 16.9 Å². The molecule has 1 amide bonds. The number of benzene rings is 1. The van der Waals surface area contributed by atoms with Crippen molar-refractivity contribution in [2.75, 3.05) is 20.2 Å². The van der Waals surface area contributed by atoms with Gasteiger partial charge in [-0.05, 0) is 72.5 Å². The van der Waals surface area contributed by atoms with Gasteiger partial charge >= 0.3 is 6.09 Å². The zero-order valence-corrected chi connectivity index (χ0v) is 25.4. The van der Waals surface area contributed by atoms with Gasteiger partial charge in [0.1, 0.15) is 11.4 Å². The lowest BCUT2D eigenvalue weighted by atomic mass is 9.78. The molecule has 2 heterocycles. The summed E-state index contributed by atoms with van der Waals surface area (Å²) in [5.41, 5.74) is 3.87. The maximum Gasteiger partial charge on any atom is 0.410 e. The summed E-state index contributed by atoms with van der Waals surface area (Å²) in [4.78, 5) is 19.4. The number of hydrogen-bond acceptors (Lipinski definition) is 5. The number of amides is 1. The van der Waals surface area contributed by atoms with E-state index in [0.717, 1.165) is 38.6 Å². The molecule has 0 radical (unpaired) electrons. The number of nitrogens with zero attached hydrogens (tertiary/aromatic N) is 2. The van der Waals surface area contributed by atoms with Crippen molar-refractivity contribution < 1.29 is 14.3 Å². The van der Waals surface area contributed by atoms with E-state index in [4.69, 9.17) is 14.5 Å². The quantitative estimate of drug-likeness (QED) is 0.376. The average molecular weight is 566 g/mol. The van der Waals surface area contributed by atoms with Gasteiger partial charge in [0.05, 0.1) is 21.6 Å². The molecule has 0 spiro atoms. The number of ether oxygens (including phenoxy) is 2. The second kappa shape index (κ2) is 10.0. The molecule has 0 saturated carbocycles. The number of carbonyl (C=O) groups excluding carboxylic acids is 1. The molecule has 3 rings (SSSR count). The molecule has 0 unspecified atom stereocenters. The molecule has 1 fully saturated rings. The standard InChI is InChI=1S/C28H41BrN2O3S/c1-26(2,3)19-15-18(16-20(22(19)33-10)27(4,5)6)21-23(29)35-24(30-21)17-11-13-31(14-12-17)25(32)34-28(7,8)9/h15-17H,11-14H2,1-10H3. The van der Waals surface area contributed by atoms with E-state index in [1.165, 1.54) is 11.1 Å². The van der Waals surface area contributed by atoms with Gasteiger partial charge in [-0.15, -0.1) is 11.3 Å². The summed E-state index contributed by atoms with van der Waals surface area (Å²) in [7, 11) is 1.76. The van der Waals surface area contributed by atoms with Crippen molar-refractivity contribution in [3.63, 3.8) is 0 Å². The van der Waals surface area contributed by atoms with Crippen LogP contribution in [0.3, 0.4) is 0 Å². The molecule has 5 nitrogen and oxygen atoms in total. The van der Waals surface area contributed by atoms with Crippen molar-refractivity contribution in [2.24, 2.45) is 0 Å². The number of hydrogen-bond donors (Lipinski definition) is 0. The molecule has 1 aliphatic heterocycles. The summed E-state index contributed by atoms with van der Waals surface area (Å²) in [5, 5.41) is 1.13. The Kier molecular flexibility index (Phi) is 8.03. The number of halogens is 1. The molecule has 2 aromatic rings. The van der Waals surface area contributed by atoms with Crippen LogP contribution in [0.15, 0.2) is 15.9 Å². The molecule has 0 aliphatic carbocycles. The van der Waals surface area contributed by atoms with Crippen LogP contribution in [0.25, 0.3) is 11.3 Å². The summed E-state index contributed by atoms with van der Waals surface area (Å²) in [6, 6.07) is 4.48. The summed E-state index contributed by atoms with van der Waals surface area (Å²) in [6.07, 6.45) is 1.56. The maximum atomic E-state index is 12.5. The first kappa shape index (κ1) is 28.0. The fourth-order valence-corrected chi connectivity index (χ4v) is 6.20. The van der Waals surface area contributed by atoms with E-state index in [9.17, 15) is 4.79 Å². The Labute approximate surface area is 223 Å². The zero-order valence-electron chi connectivity index (χ0n) is 23.0. The minimum Gasteiger partial charge on any atom is -0.496 e. The number of piperidine rings is 1. The second-order valence-corrected chi connectivity index (χ2v) is 14.9. The van der Waals surface area contributed by atoms with Crippen LogP contribution in [0.2, 0.25) is 0 Å². The van der Waals surface area contributed by atoms with Gasteiger partial charge in [-0.2, -0.15) is 0 Å². The lowest BCUT2D eigenvalue weighted by molar-refractivity contribution is 0.0205. The van der Waals surface area contributed by atoms with Gasteiger partial charge in [-0.3, -0.25) is 0 Å². The van der Waals surface area contributed by atoms with Crippen molar-refractivity contribution in [3.8, 4) is 17.0 Å². The summed E-state index contributed by atoms with van der Waals surface area (Å²) in [5.74, 6) is 1.31. The molecule has 1 saturated heterocycles. The lowest BCUT2D eigenvalue weighted by Gasteiger charge is -2.32. The van der Waals surface area contributed by atoms with Crippen molar-refractivity contribution in [2.45, 2.75) is 97.5 Å². The van der Waals surface area contributed by atoms with E-state index in [1.807, 2.05) is 25.7 Å². The Hall–Kier alpha value is -1.60. The molecule has 1 aromatic heterocycles. The Morgan fingerprint density at radius 3 is 1.94 bits per heavy atom. The van der Waals surface area contributed by atoms with Crippen LogP contribution in [0.4, 0.5) is 4.79 Å². The van der Waals surface area contributed by atoms with Crippen molar-refractivity contribution in [1.29, 1.82) is 0 Å². The first-order chi connectivity index (χ1) is 16.0.